The first-order valence-corrected chi connectivity index (χ1v) is 9.06. The molecule has 0 aliphatic rings. The van der Waals surface area contributed by atoms with Crippen LogP contribution in [0.25, 0.3) is 5.65 Å². The zero-order valence-corrected chi connectivity index (χ0v) is 14.6. The van der Waals surface area contributed by atoms with Gasteiger partial charge in [0.25, 0.3) is 0 Å². The van der Waals surface area contributed by atoms with Crippen LogP contribution in [-0.2, 0) is 16.4 Å². The van der Waals surface area contributed by atoms with Crippen LogP contribution in [0.1, 0.15) is 19.7 Å². The minimum atomic E-state index is -3.16. The first kappa shape index (κ1) is 17.2. The number of nitrogens with one attached hydrogen (secondary N) is 2. The van der Waals surface area contributed by atoms with Crippen LogP contribution < -0.4 is 10.6 Å². The number of hydrogen-bond donors (Lipinski definition) is 2. The van der Waals surface area contributed by atoms with Crippen LogP contribution >= 0.6 is 0 Å². The van der Waals surface area contributed by atoms with E-state index in [0.29, 0.717) is 12.5 Å². The highest BCUT2D eigenvalue weighted by Crippen LogP contribution is 2.13. The molecule has 0 saturated carbocycles. The molecule has 9 heteroatoms. The molecule has 0 spiro atoms. The van der Waals surface area contributed by atoms with Crippen LogP contribution in [0.5, 0.6) is 0 Å². The molecule has 126 valence electrons. The molecule has 2 N–H and O–H groups in total. The van der Waals surface area contributed by atoms with Crippen molar-refractivity contribution < 1.29 is 8.42 Å². The quantitative estimate of drug-likeness (QED) is 0.597. The van der Waals surface area contributed by atoms with Gasteiger partial charge in [0.1, 0.15) is 0 Å². The second kappa shape index (κ2) is 6.53. The van der Waals surface area contributed by atoms with Crippen LogP contribution in [-0.4, -0.2) is 53.6 Å². The lowest BCUT2D eigenvalue weighted by molar-refractivity contribution is 0.544. The summed E-state index contributed by atoms with van der Waals surface area (Å²) in [6.45, 7) is 4.03. The van der Waals surface area contributed by atoms with E-state index < -0.39 is 14.6 Å². The average Bonchev–Trinajstić information content (AvgIpc) is 2.89. The topological polar surface area (TPSA) is 101 Å². The van der Waals surface area contributed by atoms with Crippen LogP contribution in [0.15, 0.2) is 29.4 Å². The van der Waals surface area contributed by atoms with Crippen LogP contribution in [0.4, 0.5) is 0 Å². The van der Waals surface area contributed by atoms with E-state index in [0.717, 1.165) is 11.5 Å². The van der Waals surface area contributed by atoms with E-state index >= 15 is 0 Å². The fourth-order valence-corrected chi connectivity index (χ4v) is 2.16. The van der Waals surface area contributed by atoms with Gasteiger partial charge in [0.05, 0.1) is 11.3 Å². The zero-order chi connectivity index (χ0) is 17.1. The lowest BCUT2D eigenvalue weighted by Gasteiger charge is -2.24. The van der Waals surface area contributed by atoms with Gasteiger partial charge in [0, 0.05) is 26.0 Å². The molecule has 0 amide bonds. The molecule has 0 saturated heterocycles. The molecule has 0 unspecified atom stereocenters. The average molecular weight is 338 g/mol. The van der Waals surface area contributed by atoms with Crippen LogP contribution in [0.2, 0.25) is 0 Å². The lowest BCUT2D eigenvalue weighted by atomic mass is 10.2. The van der Waals surface area contributed by atoms with E-state index in [-0.39, 0.29) is 6.54 Å². The van der Waals surface area contributed by atoms with Crippen molar-refractivity contribution in [3.05, 3.63) is 30.2 Å². The van der Waals surface area contributed by atoms with Gasteiger partial charge in [-0.25, -0.2) is 8.42 Å². The SMILES string of the molecule is CN=C(NCc1nnc2ccccn12)NCC(C)(C)S(C)(=O)=O. The first-order chi connectivity index (χ1) is 10.7. The molecule has 2 aromatic rings. The molecule has 0 radical (unpaired) electrons. The fourth-order valence-electron chi connectivity index (χ4n) is 1.82. The Balaban J connectivity index is 1.99. The molecular weight excluding hydrogens is 316 g/mol. The first-order valence-electron chi connectivity index (χ1n) is 7.17. The number of aromatic nitrogens is 3. The molecule has 0 aliphatic carbocycles. The summed E-state index contributed by atoms with van der Waals surface area (Å²) in [5, 5.41) is 14.3. The fraction of sp³-hybridized carbons (Fsp3) is 0.500. The number of pyridine rings is 1. The Morgan fingerprint density at radius 2 is 2.04 bits per heavy atom. The minimum absolute atomic E-state index is 0.256. The van der Waals surface area contributed by atoms with Crippen molar-refractivity contribution in [1.82, 2.24) is 25.2 Å². The zero-order valence-electron chi connectivity index (χ0n) is 13.7. The smallest absolute Gasteiger partial charge is 0.191 e. The van der Waals surface area contributed by atoms with Gasteiger partial charge in [0.2, 0.25) is 0 Å². The lowest BCUT2D eigenvalue weighted by Crippen LogP contribution is -2.47. The van der Waals surface area contributed by atoms with Gasteiger partial charge in [-0.3, -0.25) is 9.39 Å². The normalized spacial score (nSPS) is 13.3. The van der Waals surface area contributed by atoms with Gasteiger partial charge in [-0.2, -0.15) is 0 Å². The van der Waals surface area contributed by atoms with Gasteiger partial charge in [-0.05, 0) is 26.0 Å². The molecule has 2 heterocycles. The highest BCUT2D eigenvalue weighted by molar-refractivity contribution is 7.92. The third-order valence-electron chi connectivity index (χ3n) is 3.71. The molecule has 2 rings (SSSR count). The highest BCUT2D eigenvalue weighted by atomic mass is 32.2. The molecule has 8 nitrogen and oxygen atoms in total. The maximum Gasteiger partial charge on any atom is 0.191 e. The molecule has 0 aromatic carbocycles. The van der Waals surface area contributed by atoms with Crippen LogP contribution in [0, 0.1) is 0 Å². The summed E-state index contributed by atoms with van der Waals surface area (Å²) in [5.74, 6) is 1.25. The second-order valence-electron chi connectivity index (χ2n) is 5.86. The Morgan fingerprint density at radius 3 is 2.70 bits per heavy atom. The van der Waals surface area contributed by atoms with E-state index in [1.54, 1.807) is 20.9 Å². The maximum absolute atomic E-state index is 11.7. The Kier molecular flexibility index (Phi) is 4.88. The number of hydrogen-bond acceptors (Lipinski definition) is 5. The van der Waals surface area contributed by atoms with Gasteiger partial charge >= 0.3 is 0 Å². The Labute approximate surface area is 135 Å². The molecular formula is C14H22N6O2S. The molecule has 0 aliphatic heterocycles. The monoisotopic (exact) mass is 338 g/mol. The van der Waals surface area contributed by atoms with Crippen molar-refractivity contribution in [3.63, 3.8) is 0 Å². The standard InChI is InChI=1S/C14H22N6O2S/c1-14(2,23(4,21)22)10-17-13(15-3)16-9-12-19-18-11-7-5-6-8-20(11)12/h5-8H,9-10H2,1-4H3,(H2,15,16,17). The minimum Gasteiger partial charge on any atom is -0.355 e. The summed E-state index contributed by atoms with van der Waals surface area (Å²) < 4.78 is 24.4. The molecule has 23 heavy (non-hydrogen) atoms. The number of aliphatic imine (C=N–C) groups is 1. The number of rotatable bonds is 5. The predicted molar refractivity (Wildman–Crippen MR) is 90.1 cm³/mol. The van der Waals surface area contributed by atoms with Crippen molar-refractivity contribution in [1.29, 1.82) is 0 Å². The number of sulfone groups is 1. The number of fused-ring (bicyclic) bond motifs is 1. The maximum atomic E-state index is 11.7. The summed E-state index contributed by atoms with van der Waals surface area (Å²) in [6.07, 6.45) is 3.11. The van der Waals surface area contributed by atoms with Crippen molar-refractivity contribution >= 4 is 21.4 Å². The number of nitrogens with zero attached hydrogens (tertiary/aromatic N) is 4. The van der Waals surface area contributed by atoms with Gasteiger partial charge in [0.15, 0.2) is 27.3 Å². The Bertz CT molecular complexity index is 810. The largest absolute Gasteiger partial charge is 0.355 e. The molecule has 0 bridgehead atoms. The highest BCUT2D eigenvalue weighted by Gasteiger charge is 2.30. The van der Waals surface area contributed by atoms with Crippen LogP contribution in [0.3, 0.4) is 0 Å². The number of guanidine groups is 1. The van der Waals surface area contributed by atoms with Crippen molar-refractivity contribution in [3.8, 4) is 0 Å². The van der Waals surface area contributed by atoms with E-state index in [1.165, 1.54) is 6.26 Å². The predicted octanol–water partition coefficient (Wildman–Crippen LogP) is 0.218. The Morgan fingerprint density at radius 1 is 1.30 bits per heavy atom. The van der Waals surface area contributed by atoms with Crippen molar-refractivity contribution in [2.45, 2.75) is 25.1 Å². The molecule has 0 atom stereocenters. The van der Waals surface area contributed by atoms with Crippen molar-refractivity contribution in [2.24, 2.45) is 4.99 Å². The summed E-state index contributed by atoms with van der Waals surface area (Å²) in [5.41, 5.74) is 0.769. The van der Waals surface area contributed by atoms with Gasteiger partial charge in [-0.1, -0.05) is 6.07 Å². The summed E-state index contributed by atoms with van der Waals surface area (Å²) in [4.78, 5) is 4.09. The summed E-state index contributed by atoms with van der Waals surface area (Å²) >= 11 is 0. The molecule has 2 aromatic heterocycles. The van der Waals surface area contributed by atoms with Crippen molar-refractivity contribution in [2.75, 3.05) is 19.8 Å². The summed E-state index contributed by atoms with van der Waals surface area (Å²) in [6, 6.07) is 5.68. The van der Waals surface area contributed by atoms with E-state index in [1.807, 2.05) is 28.8 Å². The van der Waals surface area contributed by atoms with E-state index in [2.05, 4.69) is 25.8 Å². The second-order valence-corrected chi connectivity index (χ2v) is 8.51. The third kappa shape index (κ3) is 3.98. The van der Waals surface area contributed by atoms with E-state index in [4.69, 9.17) is 0 Å². The van der Waals surface area contributed by atoms with Gasteiger partial charge < -0.3 is 10.6 Å². The van der Waals surface area contributed by atoms with Gasteiger partial charge in [-0.15, -0.1) is 10.2 Å². The Hall–Kier alpha value is -2.16. The van der Waals surface area contributed by atoms with E-state index in [9.17, 15) is 8.42 Å². The third-order valence-corrected chi connectivity index (χ3v) is 5.86. The summed E-state index contributed by atoms with van der Waals surface area (Å²) in [7, 11) is -1.54. The molecule has 0 fully saturated rings.